The van der Waals surface area contributed by atoms with Gasteiger partial charge in [-0.25, -0.2) is 4.79 Å². The first kappa shape index (κ1) is 16.6. The number of ether oxygens (including phenoxy) is 1. The molecule has 2 heterocycles. The number of carbonyl (C=O) groups excluding carboxylic acids is 1. The molecule has 0 unspecified atom stereocenters. The zero-order valence-corrected chi connectivity index (χ0v) is 14.3. The van der Waals surface area contributed by atoms with E-state index < -0.39 is 0 Å². The molecule has 1 saturated heterocycles. The minimum atomic E-state index is -0.0739. The molecular formula is C15H24N2O2S2. The first-order valence-electron chi connectivity index (χ1n) is 7.40. The van der Waals surface area contributed by atoms with Crippen LogP contribution < -0.4 is 10.6 Å². The van der Waals surface area contributed by atoms with Crippen molar-refractivity contribution < 1.29 is 9.53 Å². The first-order valence-corrected chi connectivity index (χ1v) is 9.50. The lowest BCUT2D eigenvalue weighted by atomic mass is 9.99. The van der Waals surface area contributed by atoms with Crippen LogP contribution in [0.2, 0.25) is 0 Å². The van der Waals surface area contributed by atoms with Gasteiger partial charge in [-0.05, 0) is 37.0 Å². The molecular weight excluding hydrogens is 304 g/mol. The molecule has 1 atom stereocenters. The minimum absolute atomic E-state index is 0.0739. The Morgan fingerprint density at radius 2 is 2.29 bits per heavy atom. The largest absolute Gasteiger partial charge is 0.381 e. The molecule has 4 nitrogen and oxygen atoms in total. The molecule has 1 aliphatic rings. The van der Waals surface area contributed by atoms with Crippen molar-refractivity contribution in [1.82, 2.24) is 10.6 Å². The van der Waals surface area contributed by atoms with E-state index in [2.05, 4.69) is 29.9 Å². The van der Waals surface area contributed by atoms with Gasteiger partial charge in [0, 0.05) is 29.4 Å². The lowest BCUT2D eigenvalue weighted by Gasteiger charge is -2.35. The zero-order chi connectivity index (χ0) is 15.1. The summed E-state index contributed by atoms with van der Waals surface area (Å²) in [6, 6.07) is 4.12. The average molecular weight is 329 g/mol. The third-order valence-corrected chi connectivity index (χ3v) is 6.41. The molecule has 0 spiro atoms. The fourth-order valence-corrected chi connectivity index (χ4v) is 4.16. The molecule has 6 heteroatoms. The summed E-state index contributed by atoms with van der Waals surface area (Å²) in [5.41, 5.74) is 0. The van der Waals surface area contributed by atoms with E-state index in [0.29, 0.717) is 6.54 Å². The van der Waals surface area contributed by atoms with Gasteiger partial charge in [-0.2, -0.15) is 11.8 Å². The van der Waals surface area contributed by atoms with E-state index in [1.54, 1.807) is 11.3 Å². The Morgan fingerprint density at radius 1 is 1.52 bits per heavy atom. The molecule has 0 radical (unpaired) electrons. The molecule has 1 aromatic heterocycles. The minimum Gasteiger partial charge on any atom is -0.381 e. The maximum absolute atomic E-state index is 12.2. The van der Waals surface area contributed by atoms with Gasteiger partial charge in [-0.3, -0.25) is 0 Å². The lowest BCUT2D eigenvalue weighted by Crippen LogP contribution is -2.47. The summed E-state index contributed by atoms with van der Waals surface area (Å²) in [4.78, 5) is 13.4. The average Bonchev–Trinajstić information content (AvgIpc) is 3.06. The van der Waals surface area contributed by atoms with E-state index in [1.165, 1.54) is 4.88 Å². The maximum atomic E-state index is 12.2. The molecule has 2 amide bonds. The predicted octanol–water partition coefficient (Wildman–Crippen LogP) is 3.41. The van der Waals surface area contributed by atoms with Crippen LogP contribution in [-0.2, 0) is 4.74 Å². The van der Waals surface area contributed by atoms with Gasteiger partial charge in [0.05, 0.1) is 6.04 Å². The van der Waals surface area contributed by atoms with Crippen LogP contribution in [0.25, 0.3) is 0 Å². The van der Waals surface area contributed by atoms with Crippen LogP contribution in [0.5, 0.6) is 0 Å². The predicted molar refractivity (Wildman–Crippen MR) is 90.2 cm³/mol. The van der Waals surface area contributed by atoms with Gasteiger partial charge >= 0.3 is 6.03 Å². The Bertz CT molecular complexity index is 431. The van der Waals surface area contributed by atoms with E-state index in [9.17, 15) is 4.79 Å². The summed E-state index contributed by atoms with van der Waals surface area (Å²) >= 11 is 3.52. The van der Waals surface area contributed by atoms with Crippen molar-refractivity contribution in [2.75, 3.05) is 26.0 Å². The quantitative estimate of drug-likeness (QED) is 0.841. The molecule has 0 aromatic carbocycles. The van der Waals surface area contributed by atoms with Gasteiger partial charge in [-0.15, -0.1) is 11.3 Å². The number of urea groups is 1. The third-order valence-electron chi connectivity index (χ3n) is 4.01. The van der Waals surface area contributed by atoms with Crippen molar-refractivity contribution in [2.45, 2.75) is 37.0 Å². The van der Waals surface area contributed by atoms with E-state index in [4.69, 9.17) is 4.74 Å². The van der Waals surface area contributed by atoms with Crippen LogP contribution in [-0.4, -0.2) is 36.8 Å². The molecule has 2 N–H and O–H groups in total. The van der Waals surface area contributed by atoms with E-state index >= 15 is 0 Å². The topological polar surface area (TPSA) is 50.4 Å². The Hall–Kier alpha value is -0.720. The van der Waals surface area contributed by atoms with Crippen LogP contribution in [0, 0.1) is 0 Å². The molecule has 1 aliphatic heterocycles. The molecule has 1 fully saturated rings. The van der Waals surface area contributed by atoms with Crippen LogP contribution >= 0.6 is 23.1 Å². The Morgan fingerprint density at radius 3 is 2.86 bits per heavy atom. The second kappa shape index (κ2) is 8.06. The summed E-state index contributed by atoms with van der Waals surface area (Å²) in [5.74, 6) is 0. The SMILES string of the molecule is CC[C@@H](NC(=O)NCC1(SC)CCOCC1)c1cccs1. The van der Waals surface area contributed by atoms with Gasteiger partial charge in [0.15, 0.2) is 0 Å². The molecule has 2 rings (SSSR count). The van der Waals surface area contributed by atoms with Gasteiger partial charge in [0.2, 0.25) is 0 Å². The molecule has 21 heavy (non-hydrogen) atoms. The van der Waals surface area contributed by atoms with Crippen molar-refractivity contribution in [3.8, 4) is 0 Å². The zero-order valence-electron chi connectivity index (χ0n) is 12.7. The van der Waals surface area contributed by atoms with Crippen molar-refractivity contribution in [1.29, 1.82) is 0 Å². The molecule has 118 valence electrons. The summed E-state index contributed by atoms with van der Waals surface area (Å²) in [6.07, 6.45) is 5.01. The monoisotopic (exact) mass is 328 g/mol. The number of hydrogen-bond acceptors (Lipinski definition) is 4. The highest BCUT2D eigenvalue weighted by Gasteiger charge is 2.32. The highest BCUT2D eigenvalue weighted by Crippen LogP contribution is 2.33. The fourth-order valence-electron chi connectivity index (χ4n) is 2.51. The van der Waals surface area contributed by atoms with Crippen molar-refractivity contribution >= 4 is 29.1 Å². The van der Waals surface area contributed by atoms with Gasteiger partial charge in [0.25, 0.3) is 0 Å². The number of hydrogen-bond donors (Lipinski definition) is 2. The molecule has 0 saturated carbocycles. The Labute approximate surface area is 135 Å². The van der Waals surface area contributed by atoms with E-state index in [-0.39, 0.29) is 16.8 Å². The molecule has 0 aliphatic carbocycles. The lowest BCUT2D eigenvalue weighted by molar-refractivity contribution is 0.0777. The summed E-state index contributed by atoms with van der Waals surface area (Å²) in [6.45, 7) is 4.37. The van der Waals surface area contributed by atoms with Crippen molar-refractivity contribution in [2.24, 2.45) is 0 Å². The summed E-state index contributed by atoms with van der Waals surface area (Å²) < 4.78 is 5.55. The van der Waals surface area contributed by atoms with Crippen molar-refractivity contribution in [3.63, 3.8) is 0 Å². The molecule has 0 bridgehead atoms. The standard InChI is InChI=1S/C15H24N2O2S2/c1-3-12(13-5-4-10-21-13)17-14(18)16-11-15(20-2)6-8-19-9-7-15/h4-5,10,12H,3,6-9,11H2,1-2H3,(H2,16,17,18)/t12-/m1/s1. The number of amides is 2. The fraction of sp³-hybridized carbons (Fsp3) is 0.667. The highest BCUT2D eigenvalue weighted by atomic mass is 32.2. The summed E-state index contributed by atoms with van der Waals surface area (Å²) in [5, 5.41) is 8.16. The van der Waals surface area contributed by atoms with Gasteiger partial charge in [0.1, 0.15) is 0 Å². The summed E-state index contributed by atoms with van der Waals surface area (Å²) in [7, 11) is 0. The van der Waals surface area contributed by atoms with Crippen LogP contribution in [0.4, 0.5) is 4.79 Å². The number of thiophene rings is 1. The van der Waals surface area contributed by atoms with Crippen LogP contribution in [0.3, 0.4) is 0 Å². The number of nitrogens with one attached hydrogen (secondary N) is 2. The Balaban J connectivity index is 1.83. The number of thioether (sulfide) groups is 1. The second-order valence-corrected chi connectivity index (χ2v) is 7.56. The van der Waals surface area contributed by atoms with E-state index in [0.717, 1.165) is 32.5 Å². The maximum Gasteiger partial charge on any atom is 0.315 e. The first-order chi connectivity index (χ1) is 10.2. The van der Waals surface area contributed by atoms with Crippen LogP contribution in [0.1, 0.15) is 37.1 Å². The second-order valence-electron chi connectivity index (χ2n) is 5.30. The van der Waals surface area contributed by atoms with Crippen molar-refractivity contribution in [3.05, 3.63) is 22.4 Å². The third kappa shape index (κ3) is 4.63. The van der Waals surface area contributed by atoms with E-state index in [1.807, 2.05) is 23.2 Å². The highest BCUT2D eigenvalue weighted by molar-refractivity contribution is 8.00. The number of rotatable bonds is 6. The van der Waals surface area contributed by atoms with Gasteiger partial charge in [-0.1, -0.05) is 13.0 Å². The normalized spacial score (nSPS) is 19.0. The Kier molecular flexibility index (Phi) is 6.39. The van der Waals surface area contributed by atoms with Gasteiger partial charge < -0.3 is 15.4 Å². The molecule has 1 aromatic rings. The smallest absolute Gasteiger partial charge is 0.315 e. The van der Waals surface area contributed by atoms with Crippen LogP contribution in [0.15, 0.2) is 17.5 Å². The number of carbonyl (C=O) groups is 1.